The molecule has 0 aliphatic heterocycles. The number of hydrogen-bond acceptors (Lipinski definition) is 4. The van der Waals surface area contributed by atoms with Crippen molar-refractivity contribution >= 4 is 5.65 Å². The summed E-state index contributed by atoms with van der Waals surface area (Å²) in [6, 6.07) is 9.64. The molecule has 0 saturated carbocycles. The summed E-state index contributed by atoms with van der Waals surface area (Å²) in [6.07, 6.45) is 3.96. The lowest BCUT2D eigenvalue weighted by atomic mass is 10.1. The lowest BCUT2D eigenvalue weighted by molar-refractivity contribution is 0.395. The first-order valence-electron chi connectivity index (χ1n) is 6.65. The maximum atomic E-state index is 5.67. The predicted octanol–water partition coefficient (Wildman–Crippen LogP) is 2.48. The third kappa shape index (κ3) is 2.43. The number of hydrogen-bond donors (Lipinski definition) is 1. The molecule has 0 spiro atoms. The van der Waals surface area contributed by atoms with E-state index in [4.69, 9.17) is 15.2 Å². The minimum atomic E-state index is 0.509. The van der Waals surface area contributed by atoms with Crippen LogP contribution in [0.4, 0.5) is 0 Å². The number of nitrogens with two attached hydrogens (primary N) is 1. The lowest BCUT2D eigenvalue weighted by Crippen LogP contribution is -1.97. The highest BCUT2D eigenvalue weighted by atomic mass is 16.5. The summed E-state index contributed by atoms with van der Waals surface area (Å²) in [5.41, 5.74) is 9.38. The van der Waals surface area contributed by atoms with Crippen LogP contribution in [0.1, 0.15) is 5.56 Å². The van der Waals surface area contributed by atoms with Crippen molar-refractivity contribution in [2.75, 3.05) is 14.2 Å². The van der Waals surface area contributed by atoms with Gasteiger partial charge in [0, 0.05) is 30.6 Å². The van der Waals surface area contributed by atoms with Gasteiger partial charge < -0.3 is 19.6 Å². The Hall–Kier alpha value is -2.53. The fourth-order valence-corrected chi connectivity index (χ4v) is 2.30. The Kier molecular flexibility index (Phi) is 3.50. The van der Waals surface area contributed by atoms with Crippen LogP contribution in [0.2, 0.25) is 0 Å². The molecule has 3 rings (SSSR count). The van der Waals surface area contributed by atoms with E-state index in [1.807, 2.05) is 47.1 Å². The smallest absolute Gasteiger partial charge is 0.137 e. The first-order chi connectivity index (χ1) is 10.2. The molecule has 0 atom stereocenters. The van der Waals surface area contributed by atoms with E-state index in [1.54, 1.807) is 14.2 Å². The molecule has 2 heterocycles. The van der Waals surface area contributed by atoms with E-state index in [-0.39, 0.29) is 0 Å². The van der Waals surface area contributed by atoms with Gasteiger partial charge in [-0.1, -0.05) is 6.07 Å². The van der Waals surface area contributed by atoms with E-state index in [9.17, 15) is 0 Å². The summed E-state index contributed by atoms with van der Waals surface area (Å²) in [5, 5.41) is 0. The molecule has 0 bridgehead atoms. The van der Waals surface area contributed by atoms with E-state index < -0.39 is 0 Å². The third-order valence-corrected chi connectivity index (χ3v) is 3.43. The molecular weight excluding hydrogens is 266 g/mol. The zero-order valence-electron chi connectivity index (χ0n) is 12.0. The van der Waals surface area contributed by atoms with E-state index in [0.29, 0.717) is 6.54 Å². The van der Waals surface area contributed by atoms with Crippen molar-refractivity contribution in [1.82, 2.24) is 9.38 Å². The molecule has 2 N–H and O–H groups in total. The van der Waals surface area contributed by atoms with Crippen molar-refractivity contribution in [3.63, 3.8) is 0 Å². The van der Waals surface area contributed by atoms with Crippen LogP contribution in [-0.4, -0.2) is 23.6 Å². The van der Waals surface area contributed by atoms with Crippen molar-refractivity contribution in [2.45, 2.75) is 6.54 Å². The molecule has 108 valence electrons. The van der Waals surface area contributed by atoms with Gasteiger partial charge in [0.1, 0.15) is 17.1 Å². The van der Waals surface area contributed by atoms with Crippen molar-refractivity contribution in [3.8, 4) is 22.8 Å². The summed E-state index contributed by atoms with van der Waals surface area (Å²) in [6.45, 7) is 0.509. The Morgan fingerprint density at radius 1 is 1.10 bits per heavy atom. The van der Waals surface area contributed by atoms with Gasteiger partial charge in [-0.3, -0.25) is 0 Å². The number of aromatic nitrogens is 2. The summed E-state index contributed by atoms with van der Waals surface area (Å²) < 4.78 is 12.6. The van der Waals surface area contributed by atoms with E-state index >= 15 is 0 Å². The predicted molar refractivity (Wildman–Crippen MR) is 81.6 cm³/mol. The largest absolute Gasteiger partial charge is 0.497 e. The Labute approximate surface area is 122 Å². The van der Waals surface area contributed by atoms with Crippen LogP contribution in [0.25, 0.3) is 16.9 Å². The summed E-state index contributed by atoms with van der Waals surface area (Å²) in [7, 11) is 3.27. The third-order valence-electron chi connectivity index (χ3n) is 3.43. The van der Waals surface area contributed by atoms with Crippen molar-refractivity contribution in [2.24, 2.45) is 5.73 Å². The molecule has 0 radical (unpaired) electrons. The molecule has 3 aromatic rings. The van der Waals surface area contributed by atoms with Crippen LogP contribution < -0.4 is 15.2 Å². The minimum absolute atomic E-state index is 0.509. The highest BCUT2D eigenvalue weighted by molar-refractivity contribution is 5.70. The first kappa shape index (κ1) is 13.5. The fraction of sp³-hybridized carbons (Fsp3) is 0.188. The first-order valence-corrected chi connectivity index (χ1v) is 6.65. The molecule has 0 unspecified atom stereocenters. The number of rotatable bonds is 4. The minimum Gasteiger partial charge on any atom is -0.497 e. The monoisotopic (exact) mass is 283 g/mol. The summed E-state index contributed by atoms with van der Waals surface area (Å²) >= 11 is 0. The number of ether oxygens (including phenoxy) is 2. The maximum Gasteiger partial charge on any atom is 0.137 e. The van der Waals surface area contributed by atoms with Gasteiger partial charge in [0.05, 0.1) is 19.9 Å². The molecule has 5 heteroatoms. The Morgan fingerprint density at radius 3 is 2.67 bits per heavy atom. The second-order valence-corrected chi connectivity index (χ2v) is 4.70. The lowest BCUT2D eigenvalue weighted by Gasteiger charge is -2.08. The van der Waals surface area contributed by atoms with Gasteiger partial charge in [-0.15, -0.1) is 0 Å². The number of pyridine rings is 1. The molecule has 0 aliphatic rings. The Morgan fingerprint density at radius 2 is 1.95 bits per heavy atom. The van der Waals surface area contributed by atoms with Crippen LogP contribution in [0.15, 0.2) is 42.7 Å². The topological polar surface area (TPSA) is 61.8 Å². The number of fused-ring (bicyclic) bond motifs is 1. The Bertz CT molecular complexity index is 780. The number of imidazole rings is 1. The molecule has 5 nitrogen and oxygen atoms in total. The summed E-state index contributed by atoms with van der Waals surface area (Å²) in [5.74, 6) is 1.49. The standard InChI is InChI=1S/C16H17N3O2/c1-20-12-4-5-13(15(7-12)21-2)14-10-19-9-11(8-17)3-6-16(19)18-14/h3-7,9-10H,8,17H2,1-2H3. The molecule has 0 fully saturated rings. The molecule has 1 aromatic carbocycles. The molecule has 0 amide bonds. The van der Waals surface area contributed by atoms with Gasteiger partial charge in [0.2, 0.25) is 0 Å². The van der Waals surface area contributed by atoms with Gasteiger partial charge in [-0.25, -0.2) is 4.98 Å². The van der Waals surface area contributed by atoms with Crippen molar-refractivity contribution in [3.05, 3.63) is 48.3 Å². The van der Waals surface area contributed by atoms with Gasteiger partial charge in [0.25, 0.3) is 0 Å². The van der Waals surface area contributed by atoms with E-state index in [1.165, 1.54) is 0 Å². The van der Waals surface area contributed by atoms with Gasteiger partial charge >= 0.3 is 0 Å². The zero-order valence-corrected chi connectivity index (χ0v) is 12.0. The van der Waals surface area contributed by atoms with Crippen LogP contribution in [0.3, 0.4) is 0 Å². The maximum absolute atomic E-state index is 5.67. The van der Waals surface area contributed by atoms with Crippen LogP contribution in [-0.2, 0) is 6.54 Å². The van der Waals surface area contributed by atoms with Gasteiger partial charge in [-0.2, -0.15) is 0 Å². The second kappa shape index (κ2) is 5.46. The molecule has 2 aromatic heterocycles. The molecular formula is C16H17N3O2. The van der Waals surface area contributed by atoms with Crippen molar-refractivity contribution < 1.29 is 9.47 Å². The van der Waals surface area contributed by atoms with Crippen LogP contribution >= 0.6 is 0 Å². The van der Waals surface area contributed by atoms with Gasteiger partial charge in [-0.05, 0) is 23.8 Å². The Balaban J connectivity index is 2.11. The fourth-order valence-electron chi connectivity index (χ4n) is 2.30. The number of nitrogens with zero attached hydrogens (tertiary/aromatic N) is 2. The number of methoxy groups -OCH3 is 2. The highest BCUT2D eigenvalue weighted by Crippen LogP contribution is 2.32. The second-order valence-electron chi connectivity index (χ2n) is 4.70. The SMILES string of the molecule is COc1ccc(-c2cn3cc(CN)ccc3n2)c(OC)c1. The van der Waals surface area contributed by atoms with E-state index in [0.717, 1.165) is 34.0 Å². The average Bonchev–Trinajstić information content (AvgIpc) is 2.96. The van der Waals surface area contributed by atoms with E-state index in [2.05, 4.69) is 4.98 Å². The number of benzene rings is 1. The molecule has 0 saturated heterocycles. The summed E-state index contributed by atoms with van der Waals surface area (Å²) in [4.78, 5) is 4.62. The zero-order chi connectivity index (χ0) is 14.8. The molecule has 0 aliphatic carbocycles. The molecule has 21 heavy (non-hydrogen) atoms. The normalized spacial score (nSPS) is 10.8. The average molecular weight is 283 g/mol. The quantitative estimate of drug-likeness (QED) is 0.799. The highest BCUT2D eigenvalue weighted by Gasteiger charge is 2.11. The van der Waals surface area contributed by atoms with Gasteiger partial charge in [0.15, 0.2) is 0 Å². The van der Waals surface area contributed by atoms with Crippen molar-refractivity contribution in [1.29, 1.82) is 0 Å². The van der Waals surface area contributed by atoms with Crippen LogP contribution in [0.5, 0.6) is 11.5 Å². The van der Waals surface area contributed by atoms with Crippen LogP contribution in [0, 0.1) is 0 Å².